The molecule has 1 aliphatic carbocycles. The maximum Gasteiger partial charge on any atom is 2.00 e. The summed E-state index contributed by atoms with van der Waals surface area (Å²) in [5, 5.41) is 1.19. The standard InChI is InChI=1S/C15H15N3S.3ClH.Zn/c1-9-6-13-15(8-11(9)16)19-14-7-10(18(2)3)4-5-12(14)17-13;;;;/h4-8,16H,1-3H3;3*1H;/q;;;;+2/p-2. The van der Waals surface area contributed by atoms with E-state index >= 15 is 0 Å². The van der Waals surface area contributed by atoms with Gasteiger partial charge >= 0.3 is 19.5 Å². The molecule has 0 spiro atoms. The molecule has 8 heteroatoms. The summed E-state index contributed by atoms with van der Waals surface area (Å²) in [4.78, 5) is 5.90. The summed E-state index contributed by atoms with van der Waals surface area (Å²) in [6.07, 6.45) is 0. The van der Waals surface area contributed by atoms with Crippen LogP contribution < -0.4 is 52.9 Å². The molecule has 120 valence electrons. The van der Waals surface area contributed by atoms with Gasteiger partial charge in [0.25, 0.3) is 0 Å². The van der Waals surface area contributed by atoms with E-state index in [0.717, 1.165) is 27.2 Å². The summed E-state index contributed by atoms with van der Waals surface area (Å²) >= 11 is 1.74. The molecule has 23 heavy (non-hydrogen) atoms. The first-order chi connectivity index (χ1) is 9.04. The van der Waals surface area contributed by atoms with Gasteiger partial charge in [-0.15, -0.1) is 11.3 Å². The number of nitrogens with two attached hydrogens (primary N) is 1. The van der Waals surface area contributed by atoms with Crippen molar-refractivity contribution in [3.63, 3.8) is 0 Å². The van der Waals surface area contributed by atoms with Crippen molar-refractivity contribution < 1.29 is 56.7 Å². The average molecular weight is 442 g/mol. The summed E-state index contributed by atoms with van der Waals surface area (Å²) in [5.41, 5.74) is 9.94. The molecule has 0 aromatic heterocycles. The van der Waals surface area contributed by atoms with Crippen molar-refractivity contribution in [3.8, 4) is 10.6 Å². The molecule has 2 N–H and O–H groups in total. The Kier molecular flexibility index (Phi) is 10.5. The fourth-order valence-corrected chi connectivity index (χ4v) is 3.09. The summed E-state index contributed by atoms with van der Waals surface area (Å²) in [6, 6.07) is 10.4. The Bertz CT molecular complexity index is 832. The molecule has 0 atom stereocenters. The summed E-state index contributed by atoms with van der Waals surface area (Å²) < 4.78 is 3.23. The van der Waals surface area contributed by atoms with E-state index in [2.05, 4.69) is 28.8 Å². The molecule has 1 aromatic carbocycles. The number of halogens is 3. The van der Waals surface area contributed by atoms with Crippen molar-refractivity contribution in [2.45, 2.75) is 6.92 Å². The van der Waals surface area contributed by atoms with Crippen LogP contribution in [0.25, 0.3) is 20.8 Å². The van der Waals surface area contributed by atoms with Crippen LogP contribution in [0.4, 0.5) is 5.69 Å². The Hall–Kier alpha value is -0.447. The van der Waals surface area contributed by atoms with Crippen LogP contribution in [0.5, 0.6) is 0 Å². The summed E-state index contributed by atoms with van der Waals surface area (Å²) in [6.45, 7) is 2.01. The third-order valence-electron chi connectivity index (χ3n) is 3.27. The van der Waals surface area contributed by atoms with E-state index in [1.54, 1.807) is 11.3 Å². The van der Waals surface area contributed by atoms with Crippen molar-refractivity contribution in [1.29, 1.82) is 0 Å². The fraction of sp³-hybridized carbons (Fsp3) is 0.200. The van der Waals surface area contributed by atoms with Crippen molar-refractivity contribution in [2.24, 2.45) is 0 Å². The van der Waals surface area contributed by atoms with Crippen LogP contribution in [0.3, 0.4) is 0 Å². The van der Waals surface area contributed by atoms with Gasteiger partial charge in [-0.25, -0.2) is 9.56 Å². The molecule has 0 amide bonds. The smallest absolute Gasteiger partial charge is 1.00 e. The average Bonchev–Trinajstić information content (AvgIpc) is 2.37. The first kappa shape index (κ1) is 24.8. The van der Waals surface area contributed by atoms with Gasteiger partial charge in [-0.05, 0) is 30.7 Å². The molecular weight excluding hydrogens is 426 g/mol. The van der Waals surface area contributed by atoms with E-state index < -0.39 is 0 Å². The number of benzene rings is 2. The number of aromatic nitrogens is 1. The minimum absolute atomic E-state index is 0. The third-order valence-corrected chi connectivity index (χ3v) is 4.36. The molecule has 1 aromatic rings. The van der Waals surface area contributed by atoms with E-state index in [1.807, 2.05) is 27.1 Å². The Morgan fingerprint density at radius 1 is 1.04 bits per heavy atom. The quantitative estimate of drug-likeness (QED) is 0.163. The normalized spacial score (nSPS) is 9.17. The maximum absolute atomic E-state index is 5.98. The maximum atomic E-state index is 5.98. The molecule has 0 bridgehead atoms. The monoisotopic (exact) mass is 439 g/mol. The molecular formula is C15H16Cl3N3SZn. The van der Waals surface area contributed by atoms with Gasteiger partial charge in [0, 0.05) is 17.8 Å². The van der Waals surface area contributed by atoms with Crippen LogP contribution in [0.15, 0.2) is 30.3 Å². The number of nitrogens with zero attached hydrogens (tertiary/aromatic N) is 2. The summed E-state index contributed by atoms with van der Waals surface area (Å²) in [7, 11) is 4.09. The zero-order valence-corrected chi connectivity index (χ0v) is 19.2. The molecule has 1 aliphatic heterocycles. The first-order valence-corrected chi connectivity index (χ1v) is 6.97. The minimum atomic E-state index is 0. The molecule has 0 saturated carbocycles. The Balaban J connectivity index is 0. The number of rotatable bonds is 0. The predicted molar refractivity (Wildman–Crippen MR) is 82.5 cm³/mol. The zero-order valence-electron chi connectivity index (χ0n) is 13.1. The van der Waals surface area contributed by atoms with Gasteiger partial charge in [-0.3, -0.25) is 0 Å². The summed E-state index contributed by atoms with van der Waals surface area (Å²) in [5.74, 6) is 0. The van der Waals surface area contributed by atoms with Gasteiger partial charge < -0.3 is 43.0 Å². The van der Waals surface area contributed by atoms with Crippen molar-refractivity contribution in [3.05, 3.63) is 41.3 Å². The molecule has 0 unspecified atom stereocenters. The van der Waals surface area contributed by atoms with Gasteiger partial charge in [0.15, 0.2) is 0 Å². The van der Waals surface area contributed by atoms with E-state index in [9.17, 15) is 0 Å². The molecule has 0 radical (unpaired) electrons. The zero-order chi connectivity index (χ0) is 13.6. The van der Waals surface area contributed by atoms with Crippen molar-refractivity contribution in [2.75, 3.05) is 19.8 Å². The molecule has 0 fully saturated rings. The van der Waals surface area contributed by atoms with E-state index in [4.69, 9.17) is 10.7 Å². The number of fused-ring (bicyclic) bond motifs is 2. The van der Waals surface area contributed by atoms with Crippen LogP contribution in [0.2, 0.25) is 0 Å². The largest absolute Gasteiger partial charge is 2.00 e. The molecule has 1 heterocycles. The minimum Gasteiger partial charge on any atom is -1.00 e. The molecule has 3 rings (SSSR count). The number of hydrogen-bond acceptors (Lipinski definition) is 3. The first-order valence-electron chi connectivity index (χ1n) is 6.15. The van der Waals surface area contributed by atoms with Crippen LogP contribution in [-0.4, -0.2) is 19.1 Å². The fourth-order valence-electron chi connectivity index (χ4n) is 2.06. The third kappa shape index (κ3) is 5.01. The van der Waals surface area contributed by atoms with Gasteiger partial charge in [0.2, 0.25) is 5.36 Å². The van der Waals surface area contributed by atoms with Gasteiger partial charge in [-0.1, -0.05) is 0 Å². The Morgan fingerprint density at radius 3 is 2.30 bits per heavy atom. The van der Waals surface area contributed by atoms with Crippen molar-refractivity contribution >= 4 is 27.2 Å². The second-order valence-electron chi connectivity index (χ2n) is 4.94. The second kappa shape index (κ2) is 9.75. The number of hydrogen-bond donors (Lipinski definition) is 1. The van der Waals surface area contributed by atoms with Gasteiger partial charge in [0.1, 0.15) is 14.1 Å². The topological polar surface area (TPSA) is 41.9 Å². The molecule has 2 aliphatic rings. The van der Waals surface area contributed by atoms with Gasteiger partial charge in [0.05, 0.1) is 20.8 Å². The molecule has 3 nitrogen and oxygen atoms in total. The van der Waals surface area contributed by atoms with E-state index in [0.29, 0.717) is 0 Å². The van der Waals surface area contributed by atoms with E-state index in [-0.39, 0.29) is 56.7 Å². The second-order valence-corrected chi connectivity index (χ2v) is 6.02. The predicted octanol–water partition coefficient (Wildman–Crippen LogP) is -6.67. The van der Waals surface area contributed by atoms with E-state index in [1.165, 1.54) is 10.2 Å². The Labute approximate surface area is 171 Å². The number of nitrogen functional groups attached to an aromatic ring is 1. The van der Waals surface area contributed by atoms with Crippen LogP contribution in [0, 0.1) is 6.92 Å². The number of aryl methyl sites for hydroxylation is 1. The SMILES string of the molecule is Cc1cc2nc3ccc(=[N+](C)C)cc-3sc2cc1N.[Cl-].[Cl-].[Cl-].[Zn+2]. The molecule has 0 saturated heterocycles. The van der Waals surface area contributed by atoms with Crippen LogP contribution >= 0.6 is 11.3 Å². The number of anilines is 1. The van der Waals surface area contributed by atoms with Crippen LogP contribution in [0.1, 0.15) is 5.56 Å². The van der Waals surface area contributed by atoms with Crippen LogP contribution in [-0.2, 0) is 19.5 Å². The van der Waals surface area contributed by atoms with Gasteiger partial charge in [-0.2, -0.15) is 0 Å². The van der Waals surface area contributed by atoms with Crippen molar-refractivity contribution in [1.82, 2.24) is 9.56 Å². The Morgan fingerprint density at radius 2 is 1.70 bits per heavy atom.